The van der Waals surface area contributed by atoms with Gasteiger partial charge in [-0.3, -0.25) is 14.8 Å². The maximum Gasteiger partial charge on any atom is 0.169 e. The summed E-state index contributed by atoms with van der Waals surface area (Å²) in [6.07, 6.45) is 36.2. The molecule has 4 aliphatic rings. The lowest BCUT2D eigenvalue weighted by atomic mass is 9.85. The van der Waals surface area contributed by atoms with Crippen LogP contribution in [0.15, 0.2) is 124 Å². The molecule has 2 aliphatic heterocycles. The Morgan fingerprint density at radius 3 is 2.58 bits per heavy atom. The Bertz CT molecular complexity index is 1680. The Balaban J connectivity index is 1.10. The zero-order valence-electron chi connectivity index (χ0n) is 29.0. The molecular formula is C44H51N3O. The molecule has 48 heavy (non-hydrogen) atoms. The summed E-state index contributed by atoms with van der Waals surface area (Å²) in [6, 6.07) is 13.0. The summed E-state index contributed by atoms with van der Waals surface area (Å²) in [6.45, 7) is 6.34. The van der Waals surface area contributed by atoms with Crippen LogP contribution in [0.2, 0.25) is 0 Å². The molecule has 3 heterocycles. The van der Waals surface area contributed by atoms with Gasteiger partial charge in [-0.05, 0) is 116 Å². The highest BCUT2D eigenvalue weighted by Gasteiger charge is 2.51. The third kappa shape index (κ3) is 8.03. The van der Waals surface area contributed by atoms with E-state index in [1.165, 1.54) is 59.2 Å². The molecule has 2 aromatic rings. The van der Waals surface area contributed by atoms with Gasteiger partial charge in [-0.25, -0.2) is 0 Å². The number of carbonyl (C=O) groups excluding carboxylic acids is 1. The minimum atomic E-state index is -0.340. The normalized spacial score (nSPS) is 19.8. The molecule has 0 spiro atoms. The van der Waals surface area contributed by atoms with E-state index in [1.807, 2.05) is 24.7 Å². The highest BCUT2D eigenvalue weighted by atomic mass is 16.1. The molecule has 248 valence electrons. The largest absolute Gasteiger partial charge is 0.371 e. The summed E-state index contributed by atoms with van der Waals surface area (Å²) in [5, 5.41) is 0. The number of hydrogen-bond acceptors (Lipinski definition) is 4. The average molecular weight is 638 g/mol. The number of Topliss-reactive ketones (excluding diaryl/α,β-unsaturated/α-hetero) is 1. The quantitative estimate of drug-likeness (QED) is 0.162. The van der Waals surface area contributed by atoms with E-state index in [2.05, 4.69) is 102 Å². The molecule has 1 saturated carbocycles. The van der Waals surface area contributed by atoms with Crippen molar-refractivity contribution in [3.8, 4) is 0 Å². The minimum Gasteiger partial charge on any atom is -0.371 e. The molecule has 4 heteroatoms. The molecule has 1 aromatic carbocycles. The van der Waals surface area contributed by atoms with Gasteiger partial charge in [-0.15, -0.1) is 0 Å². The molecule has 0 radical (unpaired) electrons. The standard InChI is InChI=1S/C44H51N3O/c1-3-11-34(12-4-2)13-6-5-7-14-35-18-20-36(21-19-35)38-22-23-39-32-46-28-24-42(41(39)31-38)47-29-9-15-37(16-10-30-47)43(48)44(25-26-44)40-17-8-27-45-33-40/h7-8,13-15,17-22,24,27-28,31-33H,3-6,9-12,16,23,25-26,29-30H2,1-2H3/b14-7+,37-15-. The van der Waals surface area contributed by atoms with Crippen LogP contribution < -0.4 is 0 Å². The summed E-state index contributed by atoms with van der Waals surface area (Å²) in [5.74, 6) is 0.321. The van der Waals surface area contributed by atoms with E-state index >= 15 is 0 Å². The SMILES string of the molecule is CCCC(=CCC/C=C/c1ccc(C2=CCC3=CN=CC=C(N4CC/C=C(\C(=O)C5(c6cccnc6)CC5)CCC4)C3=C2)cc1)CCC. The number of benzene rings is 1. The molecule has 0 atom stereocenters. The van der Waals surface area contributed by atoms with Crippen molar-refractivity contribution in [1.29, 1.82) is 0 Å². The maximum absolute atomic E-state index is 13.7. The highest BCUT2D eigenvalue weighted by Crippen LogP contribution is 2.50. The fourth-order valence-corrected chi connectivity index (χ4v) is 7.41. The van der Waals surface area contributed by atoms with Gasteiger partial charge in [0, 0.05) is 49.2 Å². The molecular weight excluding hydrogens is 587 g/mol. The lowest BCUT2D eigenvalue weighted by Gasteiger charge is -2.32. The van der Waals surface area contributed by atoms with Crippen LogP contribution in [0, 0.1) is 0 Å². The van der Waals surface area contributed by atoms with Gasteiger partial charge in [-0.1, -0.05) is 93.0 Å². The van der Waals surface area contributed by atoms with Crippen molar-refractivity contribution in [2.75, 3.05) is 13.1 Å². The topological polar surface area (TPSA) is 45.6 Å². The Kier molecular flexibility index (Phi) is 11.3. The average Bonchev–Trinajstić information content (AvgIpc) is 3.94. The molecule has 1 aromatic heterocycles. The number of pyridine rings is 1. The van der Waals surface area contributed by atoms with Crippen molar-refractivity contribution >= 4 is 23.6 Å². The van der Waals surface area contributed by atoms with E-state index in [9.17, 15) is 4.79 Å². The smallest absolute Gasteiger partial charge is 0.169 e. The first-order valence-electron chi connectivity index (χ1n) is 18.3. The summed E-state index contributed by atoms with van der Waals surface area (Å²) in [5.41, 5.74) is 10.9. The van der Waals surface area contributed by atoms with Gasteiger partial charge in [0.15, 0.2) is 5.78 Å². The second-order valence-corrected chi connectivity index (χ2v) is 13.7. The first kappa shape index (κ1) is 33.6. The highest BCUT2D eigenvalue weighted by molar-refractivity contribution is 6.05. The summed E-state index contributed by atoms with van der Waals surface area (Å²) >= 11 is 0. The minimum absolute atomic E-state index is 0.321. The second kappa shape index (κ2) is 16.2. The van der Waals surface area contributed by atoms with Crippen molar-refractivity contribution in [3.05, 3.63) is 136 Å². The van der Waals surface area contributed by atoms with Gasteiger partial charge in [0.2, 0.25) is 0 Å². The molecule has 1 fully saturated rings. The Labute approximate surface area is 288 Å². The van der Waals surface area contributed by atoms with E-state index in [4.69, 9.17) is 0 Å². The van der Waals surface area contributed by atoms with E-state index in [0.29, 0.717) is 5.78 Å². The van der Waals surface area contributed by atoms with Crippen LogP contribution in [-0.4, -0.2) is 35.0 Å². The van der Waals surface area contributed by atoms with Crippen LogP contribution >= 0.6 is 0 Å². The zero-order chi connectivity index (χ0) is 33.2. The van der Waals surface area contributed by atoms with E-state index in [0.717, 1.165) is 75.6 Å². The van der Waals surface area contributed by atoms with Crippen molar-refractivity contribution in [3.63, 3.8) is 0 Å². The first-order chi connectivity index (χ1) is 23.6. The van der Waals surface area contributed by atoms with E-state index in [1.54, 1.807) is 11.8 Å². The molecule has 0 amide bonds. The van der Waals surface area contributed by atoms with Crippen molar-refractivity contribution in [2.45, 2.75) is 96.3 Å². The predicted molar refractivity (Wildman–Crippen MR) is 202 cm³/mol. The number of fused-ring (bicyclic) bond motifs is 1. The lowest BCUT2D eigenvalue weighted by molar-refractivity contribution is -0.118. The molecule has 4 nitrogen and oxygen atoms in total. The van der Waals surface area contributed by atoms with Crippen LogP contribution in [0.1, 0.15) is 108 Å². The Morgan fingerprint density at radius 1 is 1.00 bits per heavy atom. The Morgan fingerprint density at radius 2 is 1.83 bits per heavy atom. The first-order valence-corrected chi connectivity index (χ1v) is 18.3. The molecule has 0 bridgehead atoms. The van der Waals surface area contributed by atoms with Gasteiger partial charge < -0.3 is 4.90 Å². The van der Waals surface area contributed by atoms with Crippen molar-refractivity contribution in [1.82, 2.24) is 9.88 Å². The number of hydrogen-bond donors (Lipinski definition) is 0. The monoisotopic (exact) mass is 637 g/mol. The van der Waals surface area contributed by atoms with Crippen LogP contribution in [0.25, 0.3) is 11.6 Å². The van der Waals surface area contributed by atoms with Crippen LogP contribution in [0.5, 0.6) is 0 Å². The summed E-state index contributed by atoms with van der Waals surface area (Å²) in [7, 11) is 0. The second-order valence-electron chi connectivity index (χ2n) is 13.7. The lowest BCUT2D eigenvalue weighted by Crippen LogP contribution is -2.30. The third-order valence-electron chi connectivity index (χ3n) is 10.2. The van der Waals surface area contributed by atoms with Crippen LogP contribution in [0.4, 0.5) is 0 Å². The number of nitrogens with zero attached hydrogens (tertiary/aromatic N) is 3. The number of allylic oxidation sites excluding steroid dienone is 9. The molecule has 0 unspecified atom stereocenters. The van der Waals surface area contributed by atoms with Gasteiger partial charge >= 0.3 is 0 Å². The summed E-state index contributed by atoms with van der Waals surface area (Å²) in [4.78, 5) is 25.1. The molecule has 2 aliphatic carbocycles. The van der Waals surface area contributed by atoms with E-state index < -0.39 is 0 Å². The maximum atomic E-state index is 13.7. The molecule has 0 N–H and O–H groups in total. The number of ketones is 1. The van der Waals surface area contributed by atoms with Crippen molar-refractivity contribution < 1.29 is 4.79 Å². The number of aliphatic imine (C=N–C) groups is 1. The molecule has 0 saturated heterocycles. The van der Waals surface area contributed by atoms with Crippen LogP contribution in [0.3, 0.4) is 0 Å². The number of aromatic nitrogens is 1. The van der Waals surface area contributed by atoms with Gasteiger partial charge in [0.1, 0.15) is 0 Å². The zero-order valence-corrected chi connectivity index (χ0v) is 29.0. The van der Waals surface area contributed by atoms with Gasteiger partial charge in [0.05, 0.1) is 5.41 Å². The van der Waals surface area contributed by atoms with Gasteiger partial charge in [0.25, 0.3) is 0 Å². The summed E-state index contributed by atoms with van der Waals surface area (Å²) < 4.78 is 0. The fourth-order valence-electron chi connectivity index (χ4n) is 7.41. The van der Waals surface area contributed by atoms with E-state index in [-0.39, 0.29) is 5.41 Å². The number of rotatable bonds is 13. The third-order valence-corrected chi connectivity index (χ3v) is 10.2. The fraction of sp³-hybridized carbons (Fsp3) is 0.386. The predicted octanol–water partition coefficient (Wildman–Crippen LogP) is 10.7. The van der Waals surface area contributed by atoms with Crippen molar-refractivity contribution in [2.24, 2.45) is 4.99 Å². The number of carbonyl (C=O) groups is 1. The van der Waals surface area contributed by atoms with Crippen LogP contribution in [-0.2, 0) is 10.2 Å². The number of unbranched alkanes of at least 4 members (excludes halogenated alkanes) is 1. The Hall–Kier alpha value is -4.31. The molecule has 6 rings (SSSR count). The van der Waals surface area contributed by atoms with Gasteiger partial charge in [-0.2, -0.15) is 0 Å².